The Kier molecular flexibility index (Phi) is 3.24. The molecule has 1 aromatic carbocycles. The average Bonchev–Trinajstić information content (AvgIpc) is 1.69. The first-order valence-corrected chi connectivity index (χ1v) is 2.48. The van der Waals surface area contributed by atoms with Crippen molar-refractivity contribution >= 4 is 11.6 Å². The fraction of sp³-hybridized carbons (Fsp3) is 0. The third-order valence-electron chi connectivity index (χ3n) is 0.733. The molecule has 0 amide bonds. The van der Waals surface area contributed by atoms with Gasteiger partial charge in [0.2, 0.25) is 0 Å². The lowest BCUT2D eigenvalue weighted by molar-refractivity contribution is 1.71. The highest BCUT2D eigenvalue weighted by Crippen LogP contribution is 2.03. The fourth-order valence-corrected chi connectivity index (χ4v) is 0.560. The molecule has 1 nitrogen and oxygen atoms in total. The van der Waals surface area contributed by atoms with Crippen LogP contribution in [0.2, 0.25) is 5.02 Å². The molecule has 0 saturated heterocycles. The van der Waals surface area contributed by atoms with Crippen molar-refractivity contribution in [2.24, 2.45) is 0 Å². The van der Waals surface area contributed by atoms with E-state index in [1.54, 1.807) is 0 Å². The summed E-state index contributed by atoms with van der Waals surface area (Å²) < 4.78 is 0. The molecular formula is C6H8ClN. The number of hydrogen-bond acceptors (Lipinski definition) is 1. The van der Waals surface area contributed by atoms with Crippen LogP contribution in [0.5, 0.6) is 0 Å². The predicted molar refractivity (Wildman–Crippen MR) is 36.5 cm³/mol. The minimum absolute atomic E-state index is 0. The second kappa shape index (κ2) is 3.47. The molecule has 0 spiro atoms. The molecule has 44 valence electrons. The van der Waals surface area contributed by atoms with Crippen LogP contribution in [-0.4, -0.2) is 0 Å². The number of hydrogen-bond donors (Lipinski definition) is 1. The van der Waals surface area contributed by atoms with Crippen LogP contribution in [0.15, 0.2) is 30.3 Å². The monoisotopic (exact) mass is 129 g/mol. The van der Waals surface area contributed by atoms with E-state index in [2.05, 4.69) is 0 Å². The zero-order valence-corrected chi connectivity index (χ0v) is 5.23. The van der Waals surface area contributed by atoms with Crippen molar-refractivity contribution in [3.8, 4) is 0 Å². The summed E-state index contributed by atoms with van der Waals surface area (Å²) in [6.07, 6.45) is 0. The number of halogens is 1. The average molecular weight is 130 g/mol. The maximum Gasteiger partial charge on any atom is 0.0405 e. The SMILES string of the molecule is Clc1ccccc1.N. The number of benzene rings is 1. The Morgan fingerprint density at radius 1 is 1.00 bits per heavy atom. The van der Waals surface area contributed by atoms with E-state index in [0.717, 1.165) is 5.02 Å². The normalized spacial score (nSPS) is 7.62. The van der Waals surface area contributed by atoms with Crippen LogP contribution in [0.3, 0.4) is 0 Å². The Balaban J connectivity index is 0.000000490. The third kappa shape index (κ3) is 1.96. The largest absolute Gasteiger partial charge is 0.344 e. The maximum absolute atomic E-state index is 5.54. The summed E-state index contributed by atoms with van der Waals surface area (Å²) in [6.45, 7) is 0. The second-order valence-electron chi connectivity index (χ2n) is 1.30. The zero-order chi connectivity index (χ0) is 5.11. The molecule has 0 unspecified atom stereocenters. The molecule has 0 fully saturated rings. The van der Waals surface area contributed by atoms with Crippen molar-refractivity contribution < 1.29 is 0 Å². The molecule has 0 heterocycles. The highest BCUT2D eigenvalue weighted by atomic mass is 35.5. The van der Waals surface area contributed by atoms with Gasteiger partial charge in [-0.2, -0.15) is 0 Å². The first-order valence-electron chi connectivity index (χ1n) is 2.10. The lowest BCUT2D eigenvalue weighted by atomic mass is 10.4. The second-order valence-corrected chi connectivity index (χ2v) is 1.73. The highest BCUT2D eigenvalue weighted by molar-refractivity contribution is 6.30. The Hall–Kier alpha value is -0.530. The first-order chi connectivity index (χ1) is 3.39. The van der Waals surface area contributed by atoms with Crippen molar-refractivity contribution in [3.05, 3.63) is 35.4 Å². The van der Waals surface area contributed by atoms with Crippen molar-refractivity contribution in [1.82, 2.24) is 6.15 Å². The van der Waals surface area contributed by atoms with E-state index in [1.165, 1.54) is 0 Å². The van der Waals surface area contributed by atoms with Crippen molar-refractivity contribution in [2.75, 3.05) is 0 Å². The van der Waals surface area contributed by atoms with Gasteiger partial charge in [-0.15, -0.1) is 0 Å². The van der Waals surface area contributed by atoms with Crippen LogP contribution in [0.1, 0.15) is 0 Å². The summed E-state index contributed by atoms with van der Waals surface area (Å²) >= 11 is 5.54. The van der Waals surface area contributed by atoms with Gasteiger partial charge < -0.3 is 6.15 Å². The van der Waals surface area contributed by atoms with E-state index in [1.807, 2.05) is 30.3 Å². The lowest BCUT2D eigenvalue weighted by Gasteiger charge is -1.80. The van der Waals surface area contributed by atoms with Gasteiger partial charge in [-0.3, -0.25) is 0 Å². The maximum atomic E-state index is 5.54. The van der Waals surface area contributed by atoms with Crippen LogP contribution in [0.25, 0.3) is 0 Å². The summed E-state index contributed by atoms with van der Waals surface area (Å²) in [5.41, 5.74) is 0. The van der Waals surface area contributed by atoms with E-state index in [4.69, 9.17) is 11.6 Å². The molecule has 8 heavy (non-hydrogen) atoms. The summed E-state index contributed by atoms with van der Waals surface area (Å²) in [5, 5.41) is 0.794. The third-order valence-corrected chi connectivity index (χ3v) is 0.985. The van der Waals surface area contributed by atoms with Gasteiger partial charge >= 0.3 is 0 Å². The van der Waals surface area contributed by atoms with Gasteiger partial charge in [-0.05, 0) is 12.1 Å². The van der Waals surface area contributed by atoms with Gasteiger partial charge in [0.1, 0.15) is 0 Å². The van der Waals surface area contributed by atoms with Crippen LogP contribution in [-0.2, 0) is 0 Å². The van der Waals surface area contributed by atoms with Gasteiger partial charge in [0.15, 0.2) is 0 Å². The quantitative estimate of drug-likeness (QED) is 0.574. The van der Waals surface area contributed by atoms with E-state index < -0.39 is 0 Å². The number of rotatable bonds is 0. The fourth-order valence-electron chi connectivity index (χ4n) is 0.415. The van der Waals surface area contributed by atoms with Gasteiger partial charge in [-0.25, -0.2) is 0 Å². The zero-order valence-electron chi connectivity index (χ0n) is 4.47. The summed E-state index contributed by atoms with van der Waals surface area (Å²) in [4.78, 5) is 0. The van der Waals surface area contributed by atoms with Crippen LogP contribution in [0.4, 0.5) is 0 Å². The summed E-state index contributed by atoms with van der Waals surface area (Å²) in [7, 11) is 0. The molecule has 0 bridgehead atoms. The molecule has 0 aromatic heterocycles. The summed E-state index contributed by atoms with van der Waals surface area (Å²) in [5.74, 6) is 0. The van der Waals surface area contributed by atoms with Crippen molar-refractivity contribution in [1.29, 1.82) is 0 Å². The molecule has 0 aliphatic rings. The molecule has 2 heteroatoms. The van der Waals surface area contributed by atoms with Gasteiger partial charge in [-0.1, -0.05) is 29.8 Å². The first kappa shape index (κ1) is 7.47. The molecule has 0 radical (unpaired) electrons. The van der Waals surface area contributed by atoms with Crippen LogP contribution >= 0.6 is 11.6 Å². The van der Waals surface area contributed by atoms with Crippen molar-refractivity contribution in [3.63, 3.8) is 0 Å². The Morgan fingerprint density at radius 3 is 1.75 bits per heavy atom. The molecule has 0 aliphatic heterocycles. The molecule has 1 aromatic rings. The smallest absolute Gasteiger partial charge is 0.0405 e. The van der Waals surface area contributed by atoms with E-state index in [0.29, 0.717) is 0 Å². The topological polar surface area (TPSA) is 35.0 Å². The van der Waals surface area contributed by atoms with E-state index in [9.17, 15) is 0 Å². The predicted octanol–water partition coefficient (Wildman–Crippen LogP) is 2.50. The Bertz CT molecular complexity index is 138. The minimum Gasteiger partial charge on any atom is -0.344 e. The molecule has 0 aliphatic carbocycles. The Labute approximate surface area is 53.9 Å². The Morgan fingerprint density at radius 2 is 1.50 bits per heavy atom. The van der Waals surface area contributed by atoms with Crippen molar-refractivity contribution in [2.45, 2.75) is 0 Å². The molecule has 3 N–H and O–H groups in total. The molecular weight excluding hydrogens is 122 g/mol. The lowest BCUT2D eigenvalue weighted by Crippen LogP contribution is -1.55. The molecule has 0 saturated carbocycles. The minimum atomic E-state index is 0. The van der Waals surface area contributed by atoms with E-state index >= 15 is 0 Å². The summed E-state index contributed by atoms with van der Waals surface area (Å²) in [6, 6.07) is 9.44. The molecule has 1 rings (SSSR count). The van der Waals surface area contributed by atoms with Gasteiger partial charge in [0.05, 0.1) is 0 Å². The van der Waals surface area contributed by atoms with Crippen LogP contribution in [0, 0.1) is 0 Å². The molecule has 0 atom stereocenters. The van der Waals surface area contributed by atoms with E-state index in [-0.39, 0.29) is 6.15 Å². The highest BCUT2D eigenvalue weighted by Gasteiger charge is 1.74. The van der Waals surface area contributed by atoms with Gasteiger partial charge in [0, 0.05) is 5.02 Å². The standard InChI is InChI=1S/C6H5Cl.H3N/c7-6-4-2-1-3-5-6;/h1-5H;1H3. The van der Waals surface area contributed by atoms with Gasteiger partial charge in [0.25, 0.3) is 0 Å². The van der Waals surface area contributed by atoms with Crippen LogP contribution < -0.4 is 6.15 Å².